The second-order valence-electron chi connectivity index (χ2n) is 4.97. The standard InChI is InChI=1S/C14H22BrNO2S/c1-4-12(16-8-14(2,18)9-19-3)11-7-10(15)5-6-13(11)17/h5-7,12,16-18H,4,8-9H2,1-3H3. The average Bonchev–Trinajstić information content (AvgIpc) is 2.34. The molecule has 1 aromatic carbocycles. The van der Waals surface area contributed by atoms with Gasteiger partial charge in [0.25, 0.3) is 0 Å². The van der Waals surface area contributed by atoms with E-state index in [9.17, 15) is 10.2 Å². The molecule has 1 aromatic rings. The first-order valence-electron chi connectivity index (χ1n) is 6.32. The molecule has 0 fully saturated rings. The Morgan fingerprint density at radius 1 is 1.47 bits per heavy atom. The Hall–Kier alpha value is -0.230. The average molecular weight is 348 g/mol. The Labute approximate surface area is 127 Å². The van der Waals surface area contributed by atoms with Gasteiger partial charge in [-0.2, -0.15) is 11.8 Å². The molecule has 0 bridgehead atoms. The Bertz CT molecular complexity index is 412. The Morgan fingerprint density at radius 2 is 2.16 bits per heavy atom. The number of aliphatic hydroxyl groups is 1. The van der Waals surface area contributed by atoms with E-state index in [0.29, 0.717) is 12.3 Å². The van der Waals surface area contributed by atoms with Crippen molar-refractivity contribution in [3.63, 3.8) is 0 Å². The van der Waals surface area contributed by atoms with Crippen LogP contribution in [0.5, 0.6) is 5.75 Å². The summed E-state index contributed by atoms with van der Waals surface area (Å²) in [6, 6.07) is 5.45. The van der Waals surface area contributed by atoms with Crippen LogP contribution in [-0.4, -0.2) is 34.4 Å². The van der Waals surface area contributed by atoms with E-state index in [4.69, 9.17) is 0 Å². The molecule has 0 aromatic heterocycles. The van der Waals surface area contributed by atoms with Gasteiger partial charge in [-0.05, 0) is 37.8 Å². The van der Waals surface area contributed by atoms with E-state index in [2.05, 4.69) is 28.2 Å². The lowest BCUT2D eigenvalue weighted by Crippen LogP contribution is -2.41. The summed E-state index contributed by atoms with van der Waals surface area (Å²) in [5.74, 6) is 0.966. The second kappa shape index (κ2) is 7.53. The summed E-state index contributed by atoms with van der Waals surface area (Å²) >= 11 is 5.04. The molecular weight excluding hydrogens is 326 g/mol. The highest BCUT2D eigenvalue weighted by molar-refractivity contribution is 9.10. The topological polar surface area (TPSA) is 52.5 Å². The highest BCUT2D eigenvalue weighted by Crippen LogP contribution is 2.29. The van der Waals surface area contributed by atoms with Gasteiger partial charge in [0.1, 0.15) is 5.75 Å². The number of thioether (sulfide) groups is 1. The number of aromatic hydroxyl groups is 1. The van der Waals surface area contributed by atoms with Gasteiger partial charge in [0.2, 0.25) is 0 Å². The molecule has 2 unspecified atom stereocenters. The van der Waals surface area contributed by atoms with Crippen molar-refractivity contribution in [2.45, 2.75) is 31.9 Å². The van der Waals surface area contributed by atoms with E-state index in [1.165, 1.54) is 0 Å². The summed E-state index contributed by atoms with van der Waals surface area (Å²) in [6.07, 6.45) is 2.82. The molecule has 19 heavy (non-hydrogen) atoms. The number of phenols is 1. The summed E-state index contributed by atoms with van der Waals surface area (Å²) in [4.78, 5) is 0. The molecule has 0 aliphatic carbocycles. The number of nitrogens with one attached hydrogen (secondary N) is 1. The van der Waals surface area contributed by atoms with Crippen molar-refractivity contribution < 1.29 is 10.2 Å². The summed E-state index contributed by atoms with van der Waals surface area (Å²) in [5, 5.41) is 23.5. The summed E-state index contributed by atoms with van der Waals surface area (Å²) < 4.78 is 0.941. The predicted octanol–water partition coefficient (Wildman–Crippen LogP) is 3.31. The van der Waals surface area contributed by atoms with Gasteiger partial charge in [0.15, 0.2) is 0 Å². The molecule has 0 saturated carbocycles. The smallest absolute Gasteiger partial charge is 0.120 e. The fourth-order valence-electron chi connectivity index (χ4n) is 1.98. The fraction of sp³-hybridized carbons (Fsp3) is 0.571. The van der Waals surface area contributed by atoms with Crippen LogP contribution in [0.25, 0.3) is 0 Å². The molecule has 5 heteroatoms. The van der Waals surface area contributed by atoms with Crippen LogP contribution in [0.2, 0.25) is 0 Å². The molecule has 0 saturated heterocycles. The van der Waals surface area contributed by atoms with Gasteiger partial charge in [-0.1, -0.05) is 22.9 Å². The first-order chi connectivity index (χ1) is 8.89. The molecule has 108 valence electrons. The van der Waals surface area contributed by atoms with Crippen LogP contribution in [-0.2, 0) is 0 Å². The Morgan fingerprint density at radius 3 is 2.74 bits per heavy atom. The van der Waals surface area contributed by atoms with Crippen molar-refractivity contribution in [3.05, 3.63) is 28.2 Å². The molecular formula is C14H22BrNO2S. The minimum Gasteiger partial charge on any atom is -0.508 e. The molecule has 0 radical (unpaired) electrons. The lowest BCUT2D eigenvalue weighted by Gasteiger charge is -2.27. The molecule has 3 nitrogen and oxygen atoms in total. The van der Waals surface area contributed by atoms with Gasteiger partial charge >= 0.3 is 0 Å². The van der Waals surface area contributed by atoms with Crippen molar-refractivity contribution in [1.29, 1.82) is 0 Å². The normalized spacial score (nSPS) is 16.1. The zero-order valence-corrected chi connectivity index (χ0v) is 14.0. The van der Waals surface area contributed by atoms with Gasteiger partial charge in [0, 0.05) is 28.4 Å². The largest absolute Gasteiger partial charge is 0.508 e. The first kappa shape index (κ1) is 16.8. The van der Waals surface area contributed by atoms with Gasteiger partial charge in [-0.3, -0.25) is 0 Å². The van der Waals surface area contributed by atoms with E-state index >= 15 is 0 Å². The number of halogens is 1. The third kappa shape index (κ3) is 5.34. The molecule has 0 amide bonds. The van der Waals surface area contributed by atoms with Crippen molar-refractivity contribution in [3.8, 4) is 5.75 Å². The lowest BCUT2D eigenvalue weighted by atomic mass is 10.0. The van der Waals surface area contributed by atoms with Crippen LogP contribution in [0.15, 0.2) is 22.7 Å². The maximum atomic E-state index is 10.2. The number of rotatable bonds is 7. The van der Waals surface area contributed by atoms with Crippen LogP contribution in [0.1, 0.15) is 31.9 Å². The fourth-order valence-corrected chi connectivity index (χ4v) is 3.09. The van der Waals surface area contributed by atoms with E-state index < -0.39 is 5.60 Å². The molecule has 0 aliphatic rings. The summed E-state index contributed by atoms with van der Waals surface area (Å²) in [7, 11) is 0. The highest BCUT2D eigenvalue weighted by atomic mass is 79.9. The van der Waals surface area contributed by atoms with Gasteiger partial charge in [-0.25, -0.2) is 0 Å². The SMILES string of the molecule is CCC(NCC(C)(O)CSC)c1cc(Br)ccc1O. The van der Waals surface area contributed by atoms with Crippen LogP contribution >= 0.6 is 27.7 Å². The number of benzene rings is 1. The summed E-state index contributed by atoms with van der Waals surface area (Å²) in [6.45, 7) is 4.38. The Kier molecular flexibility index (Phi) is 6.66. The zero-order chi connectivity index (χ0) is 14.5. The Balaban J connectivity index is 2.76. The second-order valence-corrected chi connectivity index (χ2v) is 6.76. The van der Waals surface area contributed by atoms with Crippen LogP contribution in [0.3, 0.4) is 0 Å². The van der Waals surface area contributed by atoms with Crippen LogP contribution in [0.4, 0.5) is 0 Å². The summed E-state index contributed by atoms with van der Waals surface area (Å²) in [5.41, 5.74) is 0.117. The number of hydrogen-bond donors (Lipinski definition) is 3. The maximum absolute atomic E-state index is 10.2. The molecule has 0 aliphatic heterocycles. The van der Waals surface area contributed by atoms with Crippen LogP contribution < -0.4 is 5.32 Å². The minimum atomic E-state index is -0.742. The molecule has 0 spiro atoms. The van der Waals surface area contributed by atoms with E-state index in [-0.39, 0.29) is 11.8 Å². The van der Waals surface area contributed by atoms with Crippen molar-refractivity contribution in [2.24, 2.45) is 0 Å². The van der Waals surface area contributed by atoms with Gasteiger partial charge in [0.05, 0.1) is 5.60 Å². The van der Waals surface area contributed by atoms with E-state index in [1.54, 1.807) is 17.8 Å². The third-order valence-electron chi connectivity index (χ3n) is 2.96. The lowest BCUT2D eigenvalue weighted by molar-refractivity contribution is 0.0811. The molecule has 3 N–H and O–H groups in total. The third-order valence-corrected chi connectivity index (χ3v) is 4.36. The predicted molar refractivity (Wildman–Crippen MR) is 85.8 cm³/mol. The van der Waals surface area contributed by atoms with Crippen LogP contribution in [0, 0.1) is 0 Å². The number of phenolic OH excluding ortho intramolecular Hbond substituents is 1. The van der Waals surface area contributed by atoms with E-state index in [0.717, 1.165) is 16.5 Å². The number of hydrogen-bond acceptors (Lipinski definition) is 4. The van der Waals surface area contributed by atoms with Gasteiger partial charge in [-0.15, -0.1) is 0 Å². The quantitative estimate of drug-likeness (QED) is 0.708. The highest BCUT2D eigenvalue weighted by Gasteiger charge is 2.22. The zero-order valence-electron chi connectivity index (χ0n) is 11.6. The van der Waals surface area contributed by atoms with Gasteiger partial charge < -0.3 is 15.5 Å². The monoisotopic (exact) mass is 347 g/mol. The molecule has 2 atom stereocenters. The molecule has 1 rings (SSSR count). The van der Waals surface area contributed by atoms with Crippen molar-refractivity contribution in [2.75, 3.05) is 18.6 Å². The maximum Gasteiger partial charge on any atom is 0.120 e. The van der Waals surface area contributed by atoms with E-state index in [1.807, 2.05) is 25.3 Å². The van der Waals surface area contributed by atoms with Crippen molar-refractivity contribution in [1.82, 2.24) is 5.32 Å². The van der Waals surface area contributed by atoms with Crippen molar-refractivity contribution >= 4 is 27.7 Å². The minimum absolute atomic E-state index is 0.0332. The molecule has 0 heterocycles. The first-order valence-corrected chi connectivity index (χ1v) is 8.51.